The van der Waals surface area contributed by atoms with Crippen LogP contribution in [0.2, 0.25) is 5.02 Å². The summed E-state index contributed by atoms with van der Waals surface area (Å²) in [6.45, 7) is 2.99. The Labute approximate surface area is 164 Å². The van der Waals surface area contributed by atoms with E-state index in [4.69, 9.17) is 26.8 Å². The van der Waals surface area contributed by atoms with Gasteiger partial charge in [0.15, 0.2) is 5.96 Å². The highest BCUT2D eigenvalue weighted by Crippen LogP contribution is 2.27. The molecule has 0 aromatic heterocycles. The van der Waals surface area contributed by atoms with Crippen LogP contribution in [-0.4, -0.2) is 19.7 Å². The molecule has 0 bridgehead atoms. The van der Waals surface area contributed by atoms with E-state index in [1.165, 1.54) is 0 Å². The molecule has 0 heterocycles. The number of rotatable bonds is 6. The van der Waals surface area contributed by atoms with E-state index in [9.17, 15) is 0 Å². The normalized spacial score (nSPS) is 10.7. The monoisotopic (exact) mass is 461 g/mol. The Kier molecular flexibility index (Phi) is 8.70. The average molecular weight is 462 g/mol. The van der Waals surface area contributed by atoms with Crippen LogP contribution in [-0.2, 0) is 6.54 Å². The van der Waals surface area contributed by atoms with E-state index in [1.807, 2.05) is 37.3 Å². The molecule has 0 spiro atoms. The fourth-order valence-corrected chi connectivity index (χ4v) is 2.29. The van der Waals surface area contributed by atoms with Gasteiger partial charge in [-0.3, -0.25) is 0 Å². The molecule has 5 nitrogen and oxygen atoms in total. The van der Waals surface area contributed by atoms with Gasteiger partial charge >= 0.3 is 0 Å². The summed E-state index contributed by atoms with van der Waals surface area (Å²) in [6, 6.07) is 13.1. The van der Waals surface area contributed by atoms with E-state index in [-0.39, 0.29) is 24.0 Å². The summed E-state index contributed by atoms with van der Waals surface area (Å²) in [5, 5.41) is 3.51. The van der Waals surface area contributed by atoms with Gasteiger partial charge < -0.3 is 20.5 Å². The third-order valence-corrected chi connectivity index (χ3v) is 3.41. The first-order valence-electron chi connectivity index (χ1n) is 7.25. The Morgan fingerprint density at radius 1 is 1.21 bits per heavy atom. The number of guanidine groups is 1. The van der Waals surface area contributed by atoms with Gasteiger partial charge in [-0.25, -0.2) is 4.99 Å². The first-order chi connectivity index (χ1) is 11.1. The fraction of sp³-hybridized carbons (Fsp3) is 0.235. The molecule has 0 aliphatic rings. The number of nitrogens with one attached hydrogen (secondary N) is 1. The number of hydrogen-bond donors (Lipinski definition) is 2. The first-order valence-corrected chi connectivity index (χ1v) is 7.63. The molecule has 0 aliphatic heterocycles. The predicted molar refractivity (Wildman–Crippen MR) is 110 cm³/mol. The van der Waals surface area contributed by atoms with Crippen molar-refractivity contribution in [3.63, 3.8) is 0 Å². The maximum absolute atomic E-state index is 6.08. The maximum atomic E-state index is 6.08. The molecule has 24 heavy (non-hydrogen) atoms. The van der Waals surface area contributed by atoms with E-state index < -0.39 is 0 Å². The van der Waals surface area contributed by atoms with Crippen LogP contribution in [0.4, 0.5) is 5.69 Å². The van der Waals surface area contributed by atoms with Crippen molar-refractivity contribution in [2.45, 2.75) is 13.5 Å². The molecular formula is C17H21ClIN3O2. The molecule has 0 fully saturated rings. The van der Waals surface area contributed by atoms with Gasteiger partial charge in [0.2, 0.25) is 0 Å². The number of benzene rings is 2. The summed E-state index contributed by atoms with van der Waals surface area (Å²) < 4.78 is 10.7. The Hall–Kier alpha value is -1.67. The molecular weight excluding hydrogens is 441 g/mol. The van der Waals surface area contributed by atoms with E-state index in [0.717, 1.165) is 17.0 Å². The van der Waals surface area contributed by atoms with E-state index in [1.54, 1.807) is 19.2 Å². The van der Waals surface area contributed by atoms with Crippen LogP contribution in [0.1, 0.15) is 12.5 Å². The average Bonchev–Trinajstić information content (AvgIpc) is 2.54. The summed E-state index contributed by atoms with van der Waals surface area (Å²) >= 11 is 6.08. The third kappa shape index (κ3) is 5.76. The van der Waals surface area contributed by atoms with Crippen LogP contribution >= 0.6 is 35.6 Å². The number of methoxy groups -OCH3 is 1. The summed E-state index contributed by atoms with van der Waals surface area (Å²) in [5.74, 6) is 1.73. The molecule has 0 amide bonds. The van der Waals surface area contributed by atoms with Gasteiger partial charge in [0.05, 0.1) is 25.3 Å². The Bertz CT molecular complexity index is 695. The number of aliphatic imine (C=N–C) groups is 1. The maximum Gasteiger partial charge on any atom is 0.193 e. The van der Waals surface area contributed by atoms with E-state index in [2.05, 4.69) is 10.3 Å². The molecule has 130 valence electrons. The van der Waals surface area contributed by atoms with Crippen molar-refractivity contribution in [1.29, 1.82) is 0 Å². The number of nitrogens with two attached hydrogens (primary N) is 1. The largest absolute Gasteiger partial charge is 0.495 e. The number of anilines is 1. The van der Waals surface area contributed by atoms with Crippen LogP contribution in [0.3, 0.4) is 0 Å². The van der Waals surface area contributed by atoms with Crippen molar-refractivity contribution in [1.82, 2.24) is 0 Å². The number of nitrogens with zero attached hydrogens (tertiary/aromatic N) is 1. The second-order valence-electron chi connectivity index (χ2n) is 4.72. The van der Waals surface area contributed by atoms with Crippen LogP contribution in [0.15, 0.2) is 47.5 Å². The minimum Gasteiger partial charge on any atom is -0.495 e. The fourth-order valence-electron chi connectivity index (χ4n) is 2.03. The second kappa shape index (κ2) is 10.2. The van der Waals surface area contributed by atoms with Gasteiger partial charge in [-0.2, -0.15) is 0 Å². The SMILES string of the molecule is CCOc1ccccc1CN=C(N)Nc1ccc(OC)c(Cl)c1.I. The molecule has 3 N–H and O–H groups in total. The number of halogens is 2. The standard InChI is InChI=1S/C17H20ClN3O2.HI/c1-3-23-15-7-5-4-6-12(15)11-20-17(19)21-13-8-9-16(22-2)14(18)10-13;/h4-10H,3,11H2,1-2H3,(H3,19,20,21);1H. The van der Waals surface area contributed by atoms with Gasteiger partial charge in [-0.1, -0.05) is 29.8 Å². The molecule has 0 unspecified atom stereocenters. The molecule has 0 saturated carbocycles. The molecule has 7 heteroatoms. The lowest BCUT2D eigenvalue weighted by molar-refractivity contribution is 0.336. The van der Waals surface area contributed by atoms with E-state index >= 15 is 0 Å². The lowest BCUT2D eigenvalue weighted by Gasteiger charge is -2.10. The van der Waals surface area contributed by atoms with Crippen molar-refractivity contribution >= 4 is 47.2 Å². The Morgan fingerprint density at radius 2 is 1.96 bits per heavy atom. The highest BCUT2D eigenvalue weighted by molar-refractivity contribution is 14.0. The smallest absolute Gasteiger partial charge is 0.193 e. The Balaban J connectivity index is 0.00000288. The van der Waals surface area contributed by atoms with Crippen LogP contribution < -0.4 is 20.5 Å². The number of ether oxygens (including phenoxy) is 2. The summed E-state index contributed by atoms with van der Waals surface area (Å²) in [5.41, 5.74) is 7.65. The summed E-state index contributed by atoms with van der Waals surface area (Å²) in [4.78, 5) is 4.33. The molecule has 0 radical (unpaired) electrons. The summed E-state index contributed by atoms with van der Waals surface area (Å²) in [6.07, 6.45) is 0. The van der Waals surface area contributed by atoms with Crippen molar-refractivity contribution in [3.05, 3.63) is 53.1 Å². The second-order valence-corrected chi connectivity index (χ2v) is 5.12. The zero-order chi connectivity index (χ0) is 16.7. The highest BCUT2D eigenvalue weighted by atomic mass is 127. The van der Waals surface area contributed by atoms with Crippen LogP contribution in [0.25, 0.3) is 0 Å². The minimum absolute atomic E-state index is 0. The van der Waals surface area contributed by atoms with Gasteiger partial charge in [0, 0.05) is 11.3 Å². The lowest BCUT2D eigenvalue weighted by Crippen LogP contribution is -2.22. The van der Waals surface area contributed by atoms with Crippen LogP contribution in [0, 0.1) is 0 Å². The molecule has 0 aliphatic carbocycles. The van der Waals surface area contributed by atoms with Crippen molar-refractivity contribution < 1.29 is 9.47 Å². The molecule has 0 saturated heterocycles. The number of para-hydroxylation sites is 1. The molecule has 2 rings (SSSR count). The van der Waals surface area contributed by atoms with Crippen molar-refractivity contribution in [2.75, 3.05) is 19.0 Å². The lowest BCUT2D eigenvalue weighted by atomic mass is 10.2. The topological polar surface area (TPSA) is 68.9 Å². The zero-order valence-electron chi connectivity index (χ0n) is 13.6. The minimum atomic E-state index is 0. The molecule has 2 aromatic rings. The highest BCUT2D eigenvalue weighted by Gasteiger charge is 2.04. The van der Waals surface area contributed by atoms with Crippen molar-refractivity contribution in [3.8, 4) is 11.5 Å². The predicted octanol–water partition coefficient (Wildman–Crippen LogP) is 4.29. The molecule has 2 aromatic carbocycles. The van der Waals surface area contributed by atoms with Gasteiger partial charge in [0.25, 0.3) is 0 Å². The summed E-state index contributed by atoms with van der Waals surface area (Å²) in [7, 11) is 1.57. The van der Waals surface area contributed by atoms with Crippen molar-refractivity contribution in [2.24, 2.45) is 10.7 Å². The molecule has 0 atom stereocenters. The van der Waals surface area contributed by atoms with Gasteiger partial charge in [-0.15, -0.1) is 24.0 Å². The zero-order valence-corrected chi connectivity index (χ0v) is 16.7. The third-order valence-electron chi connectivity index (χ3n) is 3.12. The van der Waals surface area contributed by atoms with Gasteiger partial charge in [-0.05, 0) is 31.2 Å². The van der Waals surface area contributed by atoms with E-state index in [0.29, 0.717) is 29.9 Å². The Morgan fingerprint density at radius 3 is 2.62 bits per heavy atom. The number of hydrogen-bond acceptors (Lipinski definition) is 3. The first kappa shape index (κ1) is 20.4. The van der Waals surface area contributed by atoms with Gasteiger partial charge in [0.1, 0.15) is 11.5 Å². The van der Waals surface area contributed by atoms with Crippen LogP contribution in [0.5, 0.6) is 11.5 Å². The quantitative estimate of drug-likeness (QED) is 0.382.